The van der Waals surface area contributed by atoms with Crippen molar-refractivity contribution in [1.82, 2.24) is 19.6 Å². The first kappa shape index (κ1) is 33.2. The maximum Gasteiger partial charge on any atom is 0.164 e. The van der Waals surface area contributed by atoms with E-state index in [-0.39, 0.29) is 5.78 Å². The van der Waals surface area contributed by atoms with Crippen LogP contribution in [0, 0.1) is 6.92 Å². The van der Waals surface area contributed by atoms with E-state index in [4.69, 9.17) is 10.1 Å². The van der Waals surface area contributed by atoms with Gasteiger partial charge in [-0.05, 0) is 55.0 Å². The Morgan fingerprint density at radius 1 is 0.911 bits per heavy atom. The molecule has 2 aliphatic heterocycles. The largest absolute Gasteiger partial charge is 0.358 e. The molecule has 0 atom stereocenters. The number of carbonyl (C=O) groups excluding carboxylic acids is 1. The fourth-order valence-corrected chi connectivity index (χ4v) is 5.45. The van der Waals surface area contributed by atoms with E-state index in [1.165, 1.54) is 25.1 Å². The zero-order chi connectivity index (χ0) is 32.2. The van der Waals surface area contributed by atoms with E-state index in [0.717, 1.165) is 58.3 Å². The molecule has 1 saturated heterocycles. The Morgan fingerprint density at radius 2 is 1.56 bits per heavy atom. The number of carbonyl (C=O) groups is 1. The molecule has 2 aliphatic rings. The molecule has 0 N–H and O–H groups in total. The van der Waals surface area contributed by atoms with E-state index in [2.05, 4.69) is 60.4 Å². The predicted molar refractivity (Wildman–Crippen MR) is 189 cm³/mol. The molecule has 234 valence electrons. The van der Waals surface area contributed by atoms with Crippen molar-refractivity contribution < 1.29 is 4.79 Å². The molecule has 0 spiro atoms. The zero-order valence-electron chi connectivity index (χ0n) is 27.4. The van der Waals surface area contributed by atoms with Crippen LogP contribution >= 0.6 is 0 Å². The zero-order valence-corrected chi connectivity index (χ0v) is 27.4. The average Bonchev–Trinajstić information content (AvgIpc) is 3.47. The van der Waals surface area contributed by atoms with Crippen LogP contribution < -0.4 is 0 Å². The van der Waals surface area contributed by atoms with Gasteiger partial charge < -0.3 is 9.80 Å². The molecule has 0 unspecified atom stereocenters. The van der Waals surface area contributed by atoms with Crippen LogP contribution in [0.3, 0.4) is 0 Å². The first-order chi connectivity index (χ1) is 21.9. The second-order valence-corrected chi connectivity index (χ2v) is 11.2. The van der Waals surface area contributed by atoms with Crippen molar-refractivity contribution in [3.63, 3.8) is 0 Å². The molecule has 0 bridgehead atoms. The number of aryl methyl sites for hydroxylation is 2. The highest BCUT2D eigenvalue weighted by Gasteiger charge is 2.23. The highest BCUT2D eigenvalue weighted by Crippen LogP contribution is 2.27. The Bertz CT molecular complexity index is 1580. The van der Waals surface area contributed by atoms with Gasteiger partial charge in [-0.2, -0.15) is 5.10 Å². The third-order valence-corrected chi connectivity index (χ3v) is 7.97. The molecular weight excluding hydrogens is 554 g/mol. The lowest BCUT2D eigenvalue weighted by Crippen LogP contribution is -2.38. The Labute approximate surface area is 269 Å². The molecule has 1 fully saturated rings. The van der Waals surface area contributed by atoms with Gasteiger partial charge in [0.15, 0.2) is 5.78 Å². The highest BCUT2D eigenvalue weighted by molar-refractivity contribution is 5.98. The minimum absolute atomic E-state index is 0.113. The standard InChI is InChI=1S/C37H41N5O.C2H6/c1-28(31-16-8-5-9-17-31)15-14-20-33-27-37(41-22-12-7-13-23-41)40(4)36(38-33)25-29(2)34-26-30(3)42(39-34)24-21-35(43)32-18-10-6-11-19-32;1-2/h5-6,8-11,14-19,25-27H,1-2,7,12-13,20-24H2,3-4H3;1-2H3/b15-14-,36-25-;. The van der Waals surface area contributed by atoms with Crippen molar-refractivity contribution in [3.8, 4) is 0 Å². The minimum atomic E-state index is 0.113. The number of benzene rings is 2. The molecular formula is C39H47N5O. The number of aliphatic imine (C=N–C) groups is 1. The molecule has 2 aromatic carbocycles. The summed E-state index contributed by atoms with van der Waals surface area (Å²) in [5.74, 6) is 2.12. The fraction of sp³-hybridized carbons (Fsp3) is 0.308. The van der Waals surface area contributed by atoms with Gasteiger partial charge in [0.2, 0.25) is 0 Å². The normalized spacial score (nSPS) is 15.8. The molecule has 5 rings (SSSR count). The van der Waals surface area contributed by atoms with E-state index in [1.54, 1.807) is 0 Å². The molecule has 45 heavy (non-hydrogen) atoms. The number of hydrogen-bond acceptors (Lipinski definition) is 5. The summed E-state index contributed by atoms with van der Waals surface area (Å²) in [7, 11) is 2.08. The lowest BCUT2D eigenvalue weighted by atomic mass is 10.1. The first-order valence-corrected chi connectivity index (χ1v) is 16.1. The summed E-state index contributed by atoms with van der Waals surface area (Å²) >= 11 is 0. The summed E-state index contributed by atoms with van der Waals surface area (Å²) in [5.41, 5.74) is 6.39. The highest BCUT2D eigenvalue weighted by atomic mass is 16.1. The number of allylic oxidation sites excluding steroid dienone is 6. The summed E-state index contributed by atoms with van der Waals surface area (Å²) < 4.78 is 1.89. The van der Waals surface area contributed by atoms with Crippen molar-refractivity contribution in [2.75, 3.05) is 20.1 Å². The predicted octanol–water partition coefficient (Wildman–Crippen LogP) is 8.72. The Morgan fingerprint density at radius 3 is 2.22 bits per heavy atom. The van der Waals surface area contributed by atoms with E-state index in [1.807, 2.05) is 86.1 Å². The smallest absolute Gasteiger partial charge is 0.164 e. The van der Waals surface area contributed by atoms with Gasteiger partial charge in [-0.25, -0.2) is 4.99 Å². The molecule has 3 heterocycles. The van der Waals surface area contributed by atoms with Gasteiger partial charge in [0, 0.05) is 56.9 Å². The molecule has 1 aromatic heterocycles. The van der Waals surface area contributed by atoms with Gasteiger partial charge >= 0.3 is 0 Å². The minimum Gasteiger partial charge on any atom is -0.358 e. The second-order valence-electron chi connectivity index (χ2n) is 11.2. The molecule has 0 amide bonds. The molecule has 0 aliphatic carbocycles. The van der Waals surface area contributed by atoms with E-state index >= 15 is 0 Å². The number of aromatic nitrogens is 2. The van der Waals surface area contributed by atoms with Crippen LogP contribution in [0.1, 0.15) is 73.3 Å². The third-order valence-electron chi connectivity index (χ3n) is 7.97. The number of hydrogen-bond donors (Lipinski definition) is 0. The molecule has 6 heteroatoms. The lowest BCUT2D eigenvalue weighted by Gasteiger charge is -2.38. The van der Waals surface area contributed by atoms with Crippen molar-refractivity contribution in [2.24, 2.45) is 4.99 Å². The summed E-state index contributed by atoms with van der Waals surface area (Å²) in [6.45, 7) is 17.2. The van der Waals surface area contributed by atoms with Gasteiger partial charge in [0.05, 0.1) is 11.4 Å². The van der Waals surface area contributed by atoms with Crippen molar-refractivity contribution >= 4 is 22.6 Å². The van der Waals surface area contributed by atoms with Gasteiger partial charge in [-0.15, -0.1) is 0 Å². The van der Waals surface area contributed by atoms with Crippen LogP contribution in [0.4, 0.5) is 0 Å². The van der Waals surface area contributed by atoms with Crippen molar-refractivity contribution in [1.29, 1.82) is 0 Å². The quantitative estimate of drug-likeness (QED) is 0.163. The second kappa shape index (κ2) is 16.4. The maximum absolute atomic E-state index is 12.6. The summed E-state index contributed by atoms with van der Waals surface area (Å²) in [6.07, 6.45) is 13.2. The Hall–Kier alpha value is -4.71. The van der Waals surface area contributed by atoms with Gasteiger partial charge in [0.1, 0.15) is 11.6 Å². The third kappa shape index (κ3) is 8.91. The van der Waals surface area contributed by atoms with Crippen LogP contribution in [-0.2, 0) is 6.54 Å². The summed E-state index contributed by atoms with van der Waals surface area (Å²) in [6, 6.07) is 21.7. The summed E-state index contributed by atoms with van der Waals surface area (Å²) in [4.78, 5) is 22.3. The van der Waals surface area contributed by atoms with Gasteiger partial charge in [0.25, 0.3) is 0 Å². The van der Waals surface area contributed by atoms with E-state index in [9.17, 15) is 4.79 Å². The van der Waals surface area contributed by atoms with E-state index in [0.29, 0.717) is 19.4 Å². The molecule has 0 saturated carbocycles. The number of piperidine rings is 1. The first-order valence-electron chi connectivity index (χ1n) is 16.1. The molecule has 0 radical (unpaired) electrons. The summed E-state index contributed by atoms with van der Waals surface area (Å²) in [5, 5.41) is 4.80. The van der Waals surface area contributed by atoms with E-state index < -0.39 is 0 Å². The van der Waals surface area contributed by atoms with Crippen LogP contribution in [-0.4, -0.2) is 51.2 Å². The number of ketones is 1. The number of rotatable bonds is 11. The molecule has 6 nitrogen and oxygen atoms in total. The average molecular weight is 602 g/mol. The van der Waals surface area contributed by atoms with Crippen LogP contribution in [0.25, 0.3) is 11.1 Å². The maximum atomic E-state index is 12.6. The topological polar surface area (TPSA) is 53.7 Å². The number of Topliss-reactive ketones (excluding diaryl/α,β-unsaturated/α-hetero) is 1. The molecule has 3 aromatic rings. The SMILES string of the molecule is C=C(/C=C\CC1=N/C(=C/C(=C)c2cc(C)n(CCC(=O)c3ccccc3)n2)N(C)C(N2CCCCC2)=C1)c1ccccc1.CC. The van der Waals surface area contributed by atoms with Gasteiger partial charge in [-0.3, -0.25) is 9.48 Å². The number of likely N-dealkylation sites (tertiary alicyclic amines) is 1. The fourth-order valence-electron chi connectivity index (χ4n) is 5.45. The lowest BCUT2D eigenvalue weighted by molar-refractivity contribution is 0.0975. The number of nitrogens with zero attached hydrogens (tertiary/aromatic N) is 5. The van der Waals surface area contributed by atoms with Crippen LogP contribution in [0.15, 0.2) is 121 Å². The Kier molecular flexibility index (Phi) is 12.1. The van der Waals surface area contributed by atoms with Crippen molar-refractivity contribution in [3.05, 3.63) is 138 Å². The van der Waals surface area contributed by atoms with Crippen molar-refractivity contribution in [2.45, 2.75) is 59.4 Å². The monoisotopic (exact) mass is 601 g/mol. The van der Waals surface area contributed by atoms with Gasteiger partial charge in [-0.1, -0.05) is 99.8 Å². The van der Waals surface area contributed by atoms with Crippen LogP contribution in [0.5, 0.6) is 0 Å². The Balaban J connectivity index is 0.00000226. The van der Waals surface area contributed by atoms with Crippen LogP contribution in [0.2, 0.25) is 0 Å².